The summed E-state index contributed by atoms with van der Waals surface area (Å²) in [6, 6.07) is 13.1. The molecule has 1 aliphatic heterocycles. The fourth-order valence-electron chi connectivity index (χ4n) is 3.18. The number of hydrogen-bond donors (Lipinski definition) is 0. The summed E-state index contributed by atoms with van der Waals surface area (Å²) in [5.41, 5.74) is 1.48. The molecule has 1 aromatic carbocycles. The Bertz CT molecular complexity index is 980. The van der Waals surface area contributed by atoms with Gasteiger partial charge in [0.05, 0.1) is 0 Å². The lowest BCUT2D eigenvalue weighted by atomic mass is 10.2. The molecule has 2 aromatic heterocycles. The molecule has 1 amide bonds. The number of fused-ring (bicyclic) bond motifs is 1. The molecule has 0 atom stereocenters. The van der Waals surface area contributed by atoms with E-state index in [9.17, 15) is 18.0 Å². The van der Waals surface area contributed by atoms with Crippen LogP contribution in [-0.4, -0.2) is 63.0 Å². The molecule has 3 aromatic rings. The first-order valence-electron chi connectivity index (χ1n) is 8.78. The van der Waals surface area contributed by atoms with E-state index in [-0.39, 0.29) is 13.1 Å². The molecule has 10 heteroatoms. The highest BCUT2D eigenvalue weighted by Gasteiger charge is 2.34. The topological polar surface area (TPSA) is 66.6 Å². The van der Waals surface area contributed by atoms with E-state index in [4.69, 9.17) is 0 Å². The van der Waals surface area contributed by atoms with Gasteiger partial charge >= 0.3 is 6.18 Å². The molecule has 1 aliphatic rings. The second kappa shape index (κ2) is 7.10. The number of alkyl halides is 3. The van der Waals surface area contributed by atoms with Crippen LogP contribution in [0, 0.1) is 0 Å². The Morgan fingerprint density at radius 1 is 0.964 bits per heavy atom. The second-order valence-electron chi connectivity index (χ2n) is 6.51. The van der Waals surface area contributed by atoms with Crippen LogP contribution in [0.2, 0.25) is 0 Å². The number of carbonyl (C=O) groups excluding carboxylic acids is 1. The predicted octanol–water partition coefficient (Wildman–Crippen LogP) is 2.39. The molecule has 3 heterocycles. The van der Waals surface area contributed by atoms with Gasteiger partial charge in [0.15, 0.2) is 11.5 Å². The van der Waals surface area contributed by atoms with Crippen LogP contribution in [0.1, 0.15) is 6.42 Å². The minimum atomic E-state index is -4.48. The van der Waals surface area contributed by atoms with Gasteiger partial charge in [0, 0.05) is 31.7 Å². The highest BCUT2D eigenvalue weighted by Crippen LogP contribution is 2.23. The van der Waals surface area contributed by atoms with E-state index in [0.29, 0.717) is 30.4 Å². The van der Waals surface area contributed by atoms with Gasteiger partial charge in [-0.3, -0.25) is 4.79 Å². The van der Waals surface area contributed by atoms with E-state index >= 15 is 0 Å². The zero-order valence-electron chi connectivity index (χ0n) is 14.8. The third-order valence-electron chi connectivity index (χ3n) is 4.59. The maximum Gasteiger partial charge on any atom is 0.397 e. The Balaban J connectivity index is 1.51. The summed E-state index contributed by atoms with van der Waals surface area (Å²) in [5.74, 6) is 0.379. The first-order valence-corrected chi connectivity index (χ1v) is 8.78. The molecule has 7 nitrogen and oxygen atoms in total. The van der Waals surface area contributed by atoms with E-state index in [1.165, 1.54) is 4.90 Å². The van der Waals surface area contributed by atoms with Crippen molar-refractivity contribution in [3.63, 3.8) is 0 Å². The third-order valence-corrected chi connectivity index (χ3v) is 4.59. The fraction of sp³-hybridized carbons (Fsp3) is 0.333. The summed E-state index contributed by atoms with van der Waals surface area (Å²) in [6.07, 6.45) is -5.90. The van der Waals surface area contributed by atoms with Gasteiger partial charge in [0.25, 0.3) is 0 Å². The molecule has 28 heavy (non-hydrogen) atoms. The van der Waals surface area contributed by atoms with Gasteiger partial charge in [0.2, 0.25) is 5.91 Å². The summed E-state index contributed by atoms with van der Waals surface area (Å²) in [7, 11) is 0. The number of hydrogen-bond acceptors (Lipinski definition) is 5. The van der Waals surface area contributed by atoms with Crippen molar-refractivity contribution < 1.29 is 18.0 Å². The van der Waals surface area contributed by atoms with Crippen LogP contribution in [0.3, 0.4) is 0 Å². The van der Waals surface area contributed by atoms with Crippen molar-refractivity contribution in [3.05, 3.63) is 42.5 Å². The number of amides is 1. The van der Waals surface area contributed by atoms with Crippen LogP contribution in [0.25, 0.3) is 17.0 Å². The van der Waals surface area contributed by atoms with Gasteiger partial charge in [0.1, 0.15) is 12.2 Å². The van der Waals surface area contributed by atoms with Crippen LogP contribution < -0.4 is 4.90 Å². The normalized spacial score (nSPS) is 15.2. The lowest BCUT2D eigenvalue weighted by Gasteiger charge is -2.35. The number of carbonyl (C=O) groups is 1. The predicted molar refractivity (Wildman–Crippen MR) is 95.7 cm³/mol. The highest BCUT2D eigenvalue weighted by molar-refractivity contribution is 5.77. The molecule has 1 fully saturated rings. The summed E-state index contributed by atoms with van der Waals surface area (Å²) in [4.78, 5) is 14.9. The lowest BCUT2D eigenvalue weighted by Crippen LogP contribution is -2.49. The molecule has 146 valence electrons. The van der Waals surface area contributed by atoms with Crippen LogP contribution in [-0.2, 0) is 4.79 Å². The van der Waals surface area contributed by atoms with Crippen molar-refractivity contribution in [2.24, 2.45) is 0 Å². The summed E-state index contributed by atoms with van der Waals surface area (Å²) in [5, 5.41) is 12.9. The van der Waals surface area contributed by atoms with Crippen molar-refractivity contribution in [2.45, 2.75) is 12.6 Å². The second-order valence-corrected chi connectivity index (χ2v) is 6.51. The molecule has 1 saturated heterocycles. The quantitative estimate of drug-likeness (QED) is 0.687. The van der Waals surface area contributed by atoms with E-state index in [2.05, 4.69) is 15.3 Å². The van der Waals surface area contributed by atoms with E-state index in [1.54, 1.807) is 16.6 Å². The largest absolute Gasteiger partial charge is 0.397 e. The average molecular weight is 390 g/mol. The van der Waals surface area contributed by atoms with E-state index in [1.807, 2.05) is 35.2 Å². The summed E-state index contributed by atoms with van der Waals surface area (Å²) < 4.78 is 38.9. The molecule has 0 spiro atoms. The first kappa shape index (κ1) is 18.2. The zero-order chi connectivity index (χ0) is 19.7. The number of halogens is 3. The molecular weight excluding hydrogens is 373 g/mol. The Hall–Kier alpha value is -3.17. The highest BCUT2D eigenvalue weighted by atomic mass is 19.4. The smallest absolute Gasteiger partial charge is 0.352 e. The number of piperazine rings is 1. The van der Waals surface area contributed by atoms with Gasteiger partial charge in [-0.15, -0.1) is 15.3 Å². The minimum absolute atomic E-state index is 0.225. The van der Waals surface area contributed by atoms with Crippen molar-refractivity contribution in [3.8, 4) is 11.4 Å². The van der Waals surface area contributed by atoms with Crippen LogP contribution in [0.15, 0.2) is 42.5 Å². The zero-order valence-corrected chi connectivity index (χ0v) is 14.8. The summed E-state index contributed by atoms with van der Waals surface area (Å²) >= 11 is 0. The van der Waals surface area contributed by atoms with Crippen molar-refractivity contribution in [1.29, 1.82) is 0 Å². The van der Waals surface area contributed by atoms with Gasteiger partial charge in [-0.1, -0.05) is 30.3 Å². The molecule has 4 rings (SSSR count). The molecule has 0 aliphatic carbocycles. The maximum absolute atomic E-state index is 12.4. The Kier molecular flexibility index (Phi) is 4.62. The van der Waals surface area contributed by atoms with E-state index in [0.717, 1.165) is 5.56 Å². The lowest BCUT2D eigenvalue weighted by molar-refractivity contribution is -0.161. The maximum atomic E-state index is 12.4. The van der Waals surface area contributed by atoms with Crippen molar-refractivity contribution in [2.75, 3.05) is 31.1 Å². The molecule has 0 unspecified atom stereocenters. The van der Waals surface area contributed by atoms with Gasteiger partial charge in [-0.05, 0) is 12.1 Å². The Labute approximate surface area is 158 Å². The van der Waals surface area contributed by atoms with Crippen LogP contribution in [0.5, 0.6) is 0 Å². The molecular formula is C18H17F3N6O. The monoisotopic (exact) mass is 390 g/mol. The number of benzene rings is 1. The molecule has 0 bridgehead atoms. The van der Waals surface area contributed by atoms with Crippen molar-refractivity contribution in [1.82, 2.24) is 24.7 Å². The number of anilines is 1. The van der Waals surface area contributed by atoms with E-state index < -0.39 is 18.5 Å². The average Bonchev–Trinajstić information content (AvgIpc) is 3.11. The number of aromatic nitrogens is 4. The van der Waals surface area contributed by atoms with Crippen LogP contribution in [0.4, 0.5) is 19.0 Å². The molecule has 0 saturated carbocycles. The van der Waals surface area contributed by atoms with Crippen LogP contribution >= 0.6 is 0 Å². The van der Waals surface area contributed by atoms with Gasteiger partial charge < -0.3 is 9.80 Å². The Morgan fingerprint density at radius 3 is 2.36 bits per heavy atom. The third kappa shape index (κ3) is 3.75. The van der Waals surface area contributed by atoms with Gasteiger partial charge in [-0.2, -0.15) is 17.7 Å². The standard InChI is InChI=1S/C18H17F3N6O/c19-18(20,21)12-16(28)26-10-8-25(9-11-26)15-7-6-14-22-23-17(27(14)24-15)13-4-2-1-3-5-13/h1-7H,8-12H2. The number of nitrogens with zero attached hydrogens (tertiary/aromatic N) is 6. The number of rotatable bonds is 3. The van der Waals surface area contributed by atoms with Gasteiger partial charge in [-0.25, -0.2) is 0 Å². The SMILES string of the molecule is O=C(CC(F)(F)F)N1CCN(c2ccc3nnc(-c4ccccc4)n3n2)CC1. The van der Waals surface area contributed by atoms with Crippen molar-refractivity contribution >= 4 is 17.4 Å². The first-order chi connectivity index (χ1) is 13.4. The fourth-order valence-corrected chi connectivity index (χ4v) is 3.18. The Morgan fingerprint density at radius 2 is 1.68 bits per heavy atom. The molecule has 0 N–H and O–H groups in total. The minimum Gasteiger partial charge on any atom is -0.352 e. The molecule has 0 radical (unpaired) electrons. The summed E-state index contributed by atoms with van der Waals surface area (Å²) in [6.45, 7) is 1.26.